The van der Waals surface area contributed by atoms with E-state index in [9.17, 15) is 4.79 Å². The lowest BCUT2D eigenvalue weighted by atomic mass is 9.84. The number of hydrogen-bond donors (Lipinski definition) is 0. The molecule has 0 saturated heterocycles. The van der Waals surface area contributed by atoms with E-state index in [-0.39, 0.29) is 11.4 Å². The Morgan fingerprint density at radius 2 is 1.56 bits per heavy atom. The Balaban J connectivity index is 0. The van der Waals surface area contributed by atoms with Crippen molar-refractivity contribution in [3.63, 3.8) is 0 Å². The minimum Gasteiger partial charge on any atom is -0.298 e. The van der Waals surface area contributed by atoms with Gasteiger partial charge in [0, 0.05) is 37.2 Å². The van der Waals surface area contributed by atoms with Gasteiger partial charge in [0.1, 0.15) is 5.60 Å². The molecule has 0 amide bonds. The summed E-state index contributed by atoms with van der Waals surface area (Å²) < 4.78 is 0. The maximum absolute atomic E-state index is 11.4. The number of hydrogen-bond acceptors (Lipinski definition) is 3. The summed E-state index contributed by atoms with van der Waals surface area (Å²) in [5.41, 5.74) is -0.201. The number of carbonyl (C=O) groups is 1. The molecule has 0 aromatic rings. The highest BCUT2D eigenvalue weighted by molar-refractivity contribution is 15.0. The molecule has 0 aliphatic carbocycles. The zero-order valence-corrected chi connectivity index (χ0v) is 16.8. The van der Waals surface area contributed by atoms with Crippen molar-refractivity contribution in [3.05, 3.63) is 0 Å². The number of carbonyl (C=O) groups excluding carboxylic acids is 1. The molecule has 0 bridgehead atoms. The van der Waals surface area contributed by atoms with E-state index in [2.05, 4.69) is 64.9 Å². The van der Waals surface area contributed by atoms with Gasteiger partial charge in [-0.3, -0.25) is 4.89 Å². The minimum absolute atomic E-state index is 0.241. The summed E-state index contributed by atoms with van der Waals surface area (Å²) in [7, 11) is 0. The zero-order valence-electron chi connectivity index (χ0n) is 12.5. The van der Waals surface area contributed by atoms with Gasteiger partial charge in [-0.25, -0.2) is 4.79 Å². The molecule has 0 aliphatic heterocycles. The van der Waals surface area contributed by atoms with Crippen molar-refractivity contribution < 1.29 is 14.6 Å². The monoisotopic (exact) mass is 484 g/mol. The van der Waals surface area contributed by atoms with Gasteiger partial charge in [0.25, 0.3) is 0 Å². The van der Waals surface area contributed by atoms with E-state index in [0.717, 1.165) is 6.42 Å². The Hall–Kier alpha value is 0.890. The molecule has 0 rings (SSSR count). The van der Waals surface area contributed by atoms with Gasteiger partial charge in [0.2, 0.25) is 0 Å². The molecule has 0 saturated carbocycles. The fourth-order valence-electron chi connectivity index (χ4n) is 1.61. The largest absolute Gasteiger partial charge is 0.342 e. The van der Waals surface area contributed by atoms with Gasteiger partial charge in [-0.15, -0.1) is 0 Å². The third-order valence-electron chi connectivity index (χ3n) is 1.86. The van der Waals surface area contributed by atoms with Crippen LogP contribution in [-0.4, -0.2) is 11.6 Å². The third kappa shape index (κ3) is 16.9. The van der Waals surface area contributed by atoms with Crippen molar-refractivity contribution in [3.8, 4) is 0 Å². The van der Waals surface area contributed by atoms with Crippen LogP contribution in [0.5, 0.6) is 0 Å². The molecule has 0 aliphatic rings. The Bertz CT molecular complexity index is 229. The molecular weight excluding hydrogens is 458 g/mol. The Morgan fingerprint density at radius 1 is 1.11 bits per heavy atom. The lowest BCUT2D eigenvalue weighted by molar-refractivity contribution is -0.321. The molecule has 110 valence electrons. The van der Waals surface area contributed by atoms with Gasteiger partial charge in [0.15, 0.2) is 0 Å². The molecular formula is C13H26I2O3. The first-order valence-corrected chi connectivity index (χ1v) is 12.3. The summed E-state index contributed by atoms with van der Waals surface area (Å²) in [6, 6.07) is 0. The van der Waals surface area contributed by atoms with Crippen LogP contribution < -0.4 is 0 Å². The molecule has 3 nitrogen and oxygen atoms in total. The van der Waals surface area contributed by atoms with Crippen molar-refractivity contribution in [2.75, 3.05) is 0 Å². The van der Waals surface area contributed by atoms with E-state index in [1.807, 2.05) is 20.8 Å². The maximum atomic E-state index is 11.4. The van der Waals surface area contributed by atoms with Gasteiger partial charge in [0.05, 0.1) is 6.42 Å². The first kappa shape index (κ1) is 21.2. The van der Waals surface area contributed by atoms with Gasteiger partial charge in [-0.2, -0.15) is 4.89 Å². The van der Waals surface area contributed by atoms with Crippen LogP contribution in [-0.2, 0) is 14.6 Å². The zero-order chi connectivity index (χ0) is 15.0. The van der Waals surface area contributed by atoms with Crippen LogP contribution in [0.15, 0.2) is 0 Å². The van der Waals surface area contributed by atoms with Gasteiger partial charge in [-0.1, -0.05) is 27.7 Å². The molecule has 0 spiro atoms. The Labute approximate surface area is 135 Å². The molecule has 1 atom stereocenters. The summed E-state index contributed by atoms with van der Waals surface area (Å²) in [4.78, 5) is 21.2. The van der Waals surface area contributed by atoms with E-state index >= 15 is 0 Å². The maximum Gasteiger partial charge on any atom is 0.342 e. The average Bonchev–Trinajstić information content (AvgIpc) is 2.13. The van der Waals surface area contributed by atoms with Crippen LogP contribution in [0.2, 0.25) is 0 Å². The van der Waals surface area contributed by atoms with Crippen molar-refractivity contribution in [1.29, 1.82) is 0 Å². The third-order valence-corrected chi connectivity index (χ3v) is 1.86. The van der Waals surface area contributed by atoms with Gasteiger partial charge in [-0.05, 0) is 38.5 Å². The first-order chi connectivity index (χ1) is 7.99. The first-order valence-electron chi connectivity index (χ1n) is 6.02. The van der Waals surface area contributed by atoms with E-state index in [0.29, 0.717) is 12.3 Å². The average molecular weight is 484 g/mol. The number of halogens is 2. The summed E-state index contributed by atoms with van der Waals surface area (Å²) in [5, 5.41) is 0. The molecule has 0 N–H and O–H groups in total. The van der Waals surface area contributed by atoms with Gasteiger partial charge >= 0.3 is 5.97 Å². The van der Waals surface area contributed by atoms with Crippen LogP contribution in [0.4, 0.5) is 0 Å². The topological polar surface area (TPSA) is 35.5 Å². The molecule has 18 heavy (non-hydrogen) atoms. The highest BCUT2D eigenvalue weighted by Gasteiger charge is 2.20. The normalized spacial score (nSPS) is 13.4. The fraction of sp³-hybridized carbons (Fsp3) is 0.923. The summed E-state index contributed by atoms with van der Waals surface area (Å²) in [5.74, 6) is 0.0303. The Kier molecular flexibility index (Phi) is 11.5. The van der Waals surface area contributed by atoms with E-state index in [4.69, 9.17) is 9.78 Å². The predicted molar refractivity (Wildman–Crippen MR) is 92.8 cm³/mol. The van der Waals surface area contributed by atoms with Crippen molar-refractivity contribution >= 4 is 43.2 Å². The lowest BCUT2D eigenvalue weighted by Gasteiger charge is -2.23. The minimum atomic E-state index is -0.442. The second-order valence-corrected chi connectivity index (χ2v) is 6.73. The van der Waals surface area contributed by atoms with E-state index in [1.54, 1.807) is 0 Å². The van der Waals surface area contributed by atoms with Crippen LogP contribution in [0.25, 0.3) is 0 Å². The predicted octanol–water partition coefficient (Wildman–Crippen LogP) is 5.49. The number of rotatable bonds is 4. The molecule has 5 heteroatoms. The molecule has 0 aromatic carbocycles. The van der Waals surface area contributed by atoms with Crippen molar-refractivity contribution in [1.82, 2.24) is 0 Å². The van der Waals surface area contributed by atoms with Crippen molar-refractivity contribution in [2.24, 2.45) is 11.3 Å². The van der Waals surface area contributed by atoms with Crippen LogP contribution in [0.3, 0.4) is 0 Å². The molecule has 1 unspecified atom stereocenters. The second-order valence-electron chi connectivity index (χ2n) is 6.73. The fourth-order valence-corrected chi connectivity index (χ4v) is 1.61. The lowest BCUT2D eigenvalue weighted by Crippen LogP contribution is -2.23. The van der Waals surface area contributed by atoms with E-state index < -0.39 is 5.60 Å². The van der Waals surface area contributed by atoms with E-state index in [1.165, 1.54) is 0 Å². The van der Waals surface area contributed by atoms with Crippen LogP contribution in [0, 0.1) is 11.3 Å². The molecule has 0 radical (unpaired) electrons. The highest BCUT2D eigenvalue weighted by Crippen LogP contribution is 2.26. The van der Waals surface area contributed by atoms with Crippen LogP contribution in [0.1, 0.15) is 61.3 Å². The SMILES string of the molecule is CC(CC(=O)OOC(C)(C)C)CC(C)(C)C.II. The summed E-state index contributed by atoms with van der Waals surface area (Å²) in [6.07, 6.45) is 1.41. The smallest absolute Gasteiger partial charge is 0.298 e. The molecule has 0 heterocycles. The molecule has 0 fully saturated rings. The summed E-state index contributed by atoms with van der Waals surface area (Å²) in [6.45, 7) is 14.1. The van der Waals surface area contributed by atoms with Crippen molar-refractivity contribution in [2.45, 2.75) is 66.9 Å². The second kappa shape index (κ2) is 9.74. The standard InChI is InChI=1S/C13H26O3.I2/c1-10(9-12(2,3)4)8-11(14)15-16-13(5,6)7;1-2/h10H,8-9H2,1-7H3;. The highest BCUT2D eigenvalue weighted by atomic mass is 128. The van der Waals surface area contributed by atoms with Gasteiger partial charge < -0.3 is 0 Å². The van der Waals surface area contributed by atoms with Crippen LogP contribution >= 0.6 is 37.2 Å². The Morgan fingerprint density at radius 3 is 1.89 bits per heavy atom. The summed E-state index contributed by atoms with van der Waals surface area (Å²) >= 11 is 4.24. The molecule has 0 aromatic heterocycles. The quantitative estimate of drug-likeness (QED) is 0.301.